The summed E-state index contributed by atoms with van der Waals surface area (Å²) in [4.78, 5) is 0. The Kier molecular flexibility index (Phi) is 6.14. The molecule has 2 atom stereocenters. The second-order valence-corrected chi connectivity index (χ2v) is 4.96. The van der Waals surface area contributed by atoms with Gasteiger partial charge in [-0.05, 0) is 39.9 Å². The van der Waals surface area contributed by atoms with Gasteiger partial charge in [-0.15, -0.1) is 0 Å². The van der Waals surface area contributed by atoms with Crippen LogP contribution in [0.3, 0.4) is 0 Å². The molecular weight excluding hydrogens is 306 g/mol. The topological polar surface area (TPSA) is 47.3 Å². The third-order valence-corrected chi connectivity index (χ3v) is 3.73. The zero-order valence-corrected chi connectivity index (χ0v) is 11.9. The van der Waals surface area contributed by atoms with Gasteiger partial charge in [-0.3, -0.25) is 11.3 Å². The molecule has 1 aromatic rings. The van der Waals surface area contributed by atoms with Gasteiger partial charge in [0.1, 0.15) is 0 Å². The SMILES string of the molecule is COCCC(C)C(NN)c1ccc(F)c(F)c1Br. The predicted octanol–water partition coefficient (Wildman–Crippen LogP) is 2.90. The molecule has 0 fully saturated rings. The minimum absolute atomic E-state index is 0.106. The molecule has 6 heteroatoms. The van der Waals surface area contributed by atoms with Crippen LogP contribution in [0.2, 0.25) is 0 Å². The third-order valence-electron chi connectivity index (χ3n) is 2.93. The Morgan fingerprint density at radius 3 is 2.67 bits per heavy atom. The Labute approximate surface area is 114 Å². The van der Waals surface area contributed by atoms with E-state index in [9.17, 15) is 8.78 Å². The fourth-order valence-corrected chi connectivity index (χ4v) is 2.38. The van der Waals surface area contributed by atoms with Crippen LogP contribution in [-0.2, 0) is 4.74 Å². The van der Waals surface area contributed by atoms with Crippen molar-refractivity contribution in [1.82, 2.24) is 5.43 Å². The van der Waals surface area contributed by atoms with Crippen molar-refractivity contribution >= 4 is 15.9 Å². The zero-order chi connectivity index (χ0) is 13.7. The minimum Gasteiger partial charge on any atom is -0.385 e. The van der Waals surface area contributed by atoms with Crippen molar-refractivity contribution in [2.45, 2.75) is 19.4 Å². The van der Waals surface area contributed by atoms with Crippen molar-refractivity contribution in [3.05, 3.63) is 33.8 Å². The van der Waals surface area contributed by atoms with Gasteiger partial charge in [0.25, 0.3) is 0 Å². The van der Waals surface area contributed by atoms with Crippen LogP contribution >= 0.6 is 15.9 Å². The van der Waals surface area contributed by atoms with Crippen LogP contribution in [0.25, 0.3) is 0 Å². The highest BCUT2D eigenvalue weighted by molar-refractivity contribution is 9.10. The summed E-state index contributed by atoms with van der Waals surface area (Å²) in [5.74, 6) is 3.85. The summed E-state index contributed by atoms with van der Waals surface area (Å²) in [6.07, 6.45) is 0.761. The summed E-state index contributed by atoms with van der Waals surface area (Å²) in [5.41, 5.74) is 3.24. The maximum Gasteiger partial charge on any atom is 0.173 e. The van der Waals surface area contributed by atoms with Crippen molar-refractivity contribution in [2.75, 3.05) is 13.7 Å². The molecule has 0 bridgehead atoms. The van der Waals surface area contributed by atoms with Gasteiger partial charge in [0.05, 0.1) is 4.47 Å². The van der Waals surface area contributed by atoms with Gasteiger partial charge in [-0.2, -0.15) is 0 Å². The van der Waals surface area contributed by atoms with Crippen LogP contribution in [0.4, 0.5) is 8.78 Å². The Morgan fingerprint density at radius 2 is 2.11 bits per heavy atom. The standard InChI is InChI=1S/C12H17BrF2N2O/c1-7(5-6-18-2)12(17-16)8-3-4-9(14)11(15)10(8)13/h3-4,7,12,17H,5-6,16H2,1-2H3. The molecule has 2 unspecified atom stereocenters. The smallest absolute Gasteiger partial charge is 0.173 e. The molecule has 102 valence electrons. The molecule has 0 saturated carbocycles. The maximum absolute atomic E-state index is 13.5. The first-order valence-electron chi connectivity index (χ1n) is 5.61. The summed E-state index contributed by atoms with van der Waals surface area (Å²) in [5, 5.41) is 0. The lowest BCUT2D eigenvalue weighted by atomic mass is 9.92. The number of hydrazine groups is 1. The van der Waals surface area contributed by atoms with Gasteiger partial charge in [-0.25, -0.2) is 8.78 Å². The molecular formula is C12H17BrF2N2O. The largest absolute Gasteiger partial charge is 0.385 e. The molecule has 3 N–H and O–H groups in total. The van der Waals surface area contributed by atoms with E-state index in [1.54, 1.807) is 7.11 Å². The molecule has 0 saturated heterocycles. The lowest BCUT2D eigenvalue weighted by Crippen LogP contribution is -2.33. The van der Waals surface area contributed by atoms with Gasteiger partial charge >= 0.3 is 0 Å². The normalized spacial score (nSPS) is 14.6. The summed E-state index contributed by atoms with van der Waals surface area (Å²) in [6, 6.07) is 2.35. The minimum atomic E-state index is -0.897. The quantitative estimate of drug-likeness (QED) is 0.481. The zero-order valence-electron chi connectivity index (χ0n) is 10.3. The van der Waals surface area contributed by atoms with Gasteiger partial charge < -0.3 is 4.74 Å². The van der Waals surface area contributed by atoms with Crippen LogP contribution in [0.1, 0.15) is 24.9 Å². The Bertz CT molecular complexity index is 404. The number of methoxy groups -OCH3 is 1. The molecule has 3 nitrogen and oxygen atoms in total. The van der Waals surface area contributed by atoms with E-state index < -0.39 is 11.6 Å². The molecule has 0 amide bonds. The second-order valence-electron chi connectivity index (χ2n) is 4.17. The van der Waals surface area contributed by atoms with E-state index >= 15 is 0 Å². The number of halogens is 3. The van der Waals surface area contributed by atoms with Crippen LogP contribution < -0.4 is 11.3 Å². The fraction of sp³-hybridized carbons (Fsp3) is 0.500. The van der Waals surface area contributed by atoms with Crippen molar-refractivity contribution in [2.24, 2.45) is 11.8 Å². The molecule has 1 aromatic carbocycles. The molecule has 0 aliphatic carbocycles. The highest BCUT2D eigenvalue weighted by Crippen LogP contribution is 2.32. The maximum atomic E-state index is 13.5. The summed E-state index contributed by atoms with van der Waals surface area (Å²) < 4.78 is 31.7. The highest BCUT2D eigenvalue weighted by Gasteiger charge is 2.23. The van der Waals surface area contributed by atoms with E-state index in [1.807, 2.05) is 6.92 Å². The molecule has 1 rings (SSSR count). The Balaban J connectivity index is 2.98. The van der Waals surface area contributed by atoms with Crippen LogP contribution in [0.15, 0.2) is 16.6 Å². The first-order valence-corrected chi connectivity index (χ1v) is 6.40. The average Bonchev–Trinajstić information content (AvgIpc) is 2.37. The van der Waals surface area contributed by atoms with Gasteiger partial charge in [0.2, 0.25) is 0 Å². The first kappa shape index (κ1) is 15.5. The van der Waals surface area contributed by atoms with Crippen molar-refractivity contribution in [1.29, 1.82) is 0 Å². The summed E-state index contributed by atoms with van der Waals surface area (Å²) >= 11 is 3.07. The number of rotatable bonds is 6. The number of hydrogen-bond acceptors (Lipinski definition) is 3. The van der Waals surface area contributed by atoms with Crippen LogP contribution in [0, 0.1) is 17.6 Å². The number of nitrogens with one attached hydrogen (secondary N) is 1. The van der Waals surface area contributed by atoms with E-state index in [0.717, 1.165) is 12.5 Å². The third kappa shape index (κ3) is 3.47. The van der Waals surface area contributed by atoms with E-state index in [-0.39, 0.29) is 16.4 Å². The van der Waals surface area contributed by atoms with Crippen molar-refractivity contribution < 1.29 is 13.5 Å². The number of benzene rings is 1. The van der Waals surface area contributed by atoms with Gasteiger partial charge in [0.15, 0.2) is 11.6 Å². The summed E-state index contributed by atoms with van der Waals surface area (Å²) in [6.45, 7) is 2.55. The molecule has 0 heterocycles. The Morgan fingerprint density at radius 1 is 1.44 bits per heavy atom. The lowest BCUT2D eigenvalue weighted by Gasteiger charge is -2.24. The molecule has 0 spiro atoms. The second kappa shape index (κ2) is 7.13. The molecule has 0 aromatic heterocycles. The van der Waals surface area contributed by atoms with E-state index in [2.05, 4.69) is 21.4 Å². The highest BCUT2D eigenvalue weighted by atomic mass is 79.9. The van der Waals surface area contributed by atoms with Crippen LogP contribution in [0.5, 0.6) is 0 Å². The van der Waals surface area contributed by atoms with E-state index in [1.165, 1.54) is 6.07 Å². The van der Waals surface area contributed by atoms with Crippen LogP contribution in [-0.4, -0.2) is 13.7 Å². The predicted molar refractivity (Wildman–Crippen MR) is 69.8 cm³/mol. The Hall–Kier alpha value is -0.560. The molecule has 0 aliphatic rings. The van der Waals surface area contributed by atoms with Crippen molar-refractivity contribution in [3.63, 3.8) is 0 Å². The van der Waals surface area contributed by atoms with Crippen molar-refractivity contribution in [3.8, 4) is 0 Å². The number of nitrogens with two attached hydrogens (primary N) is 1. The lowest BCUT2D eigenvalue weighted by molar-refractivity contribution is 0.170. The average molecular weight is 323 g/mol. The van der Waals surface area contributed by atoms with E-state index in [4.69, 9.17) is 10.6 Å². The van der Waals surface area contributed by atoms with E-state index in [0.29, 0.717) is 12.2 Å². The van der Waals surface area contributed by atoms with Gasteiger partial charge in [-0.1, -0.05) is 13.0 Å². The van der Waals surface area contributed by atoms with Gasteiger partial charge in [0, 0.05) is 19.8 Å². The molecule has 0 aliphatic heterocycles. The summed E-state index contributed by atoms with van der Waals surface area (Å²) in [7, 11) is 1.62. The monoisotopic (exact) mass is 322 g/mol. The number of hydrogen-bond donors (Lipinski definition) is 2. The fourth-order valence-electron chi connectivity index (χ4n) is 1.81. The molecule has 0 radical (unpaired) electrons. The first-order chi connectivity index (χ1) is 8.52. The number of ether oxygens (including phenoxy) is 1. The molecule has 18 heavy (non-hydrogen) atoms.